The minimum absolute atomic E-state index is 0.352. The zero-order valence-corrected chi connectivity index (χ0v) is 13.0. The molecule has 0 amide bonds. The van der Waals surface area contributed by atoms with Crippen molar-refractivity contribution in [3.8, 4) is 11.5 Å². The second-order valence-electron chi connectivity index (χ2n) is 5.25. The number of aliphatic hydroxyl groups is 1. The van der Waals surface area contributed by atoms with Crippen molar-refractivity contribution in [2.24, 2.45) is 5.14 Å². The molecule has 1 atom stereocenters. The van der Waals surface area contributed by atoms with Gasteiger partial charge >= 0.3 is 6.05 Å². The second-order valence-corrected chi connectivity index (χ2v) is 6.78. The first-order valence-electron chi connectivity index (χ1n) is 6.67. The Bertz CT molecular complexity index is 945. The predicted molar refractivity (Wildman–Crippen MR) is 77.8 cm³/mol. The molecule has 0 fully saturated rings. The molecule has 1 aliphatic heterocycles. The summed E-state index contributed by atoms with van der Waals surface area (Å²) in [5.74, 6) is -2.66. The van der Waals surface area contributed by atoms with Crippen LogP contribution in [0.15, 0.2) is 35.2 Å². The molecule has 134 valence electrons. The molecule has 2 aromatic carbocycles. The van der Waals surface area contributed by atoms with Crippen LogP contribution in [0.5, 0.6) is 11.5 Å². The molecule has 2 aromatic rings. The highest BCUT2D eigenvalue weighted by molar-refractivity contribution is 7.89. The van der Waals surface area contributed by atoms with Crippen LogP contribution >= 0.6 is 0 Å². The summed E-state index contributed by atoms with van der Waals surface area (Å²) in [6.45, 7) is 0. The fraction of sp³-hybridized carbons (Fsp3) is 0.143. The van der Waals surface area contributed by atoms with Gasteiger partial charge in [-0.2, -0.15) is 8.78 Å². The van der Waals surface area contributed by atoms with E-state index in [4.69, 9.17) is 9.88 Å². The molecule has 1 heterocycles. The Hall–Kier alpha value is -2.37. The molecule has 0 spiro atoms. The van der Waals surface area contributed by atoms with Gasteiger partial charge in [-0.3, -0.25) is 0 Å². The van der Waals surface area contributed by atoms with Gasteiger partial charge in [0.2, 0.25) is 10.0 Å². The smallest absolute Gasteiger partial charge is 0.353 e. The number of rotatable bonds is 3. The van der Waals surface area contributed by atoms with Crippen LogP contribution in [0.1, 0.15) is 11.7 Å². The van der Waals surface area contributed by atoms with Gasteiger partial charge in [-0.1, -0.05) is 0 Å². The molecule has 25 heavy (non-hydrogen) atoms. The van der Waals surface area contributed by atoms with Crippen LogP contribution in [0.3, 0.4) is 0 Å². The summed E-state index contributed by atoms with van der Waals surface area (Å²) in [6, 6.07) is 0.110. The normalized spacial score (nSPS) is 18.6. The molecule has 11 heteroatoms. The van der Waals surface area contributed by atoms with E-state index in [2.05, 4.69) is 0 Å². The van der Waals surface area contributed by atoms with Crippen LogP contribution in [0.25, 0.3) is 0 Å². The molecule has 0 saturated heterocycles. The number of nitrogens with one attached hydrogen (secondary N) is 1. The lowest BCUT2D eigenvalue weighted by atomic mass is 10.1. The lowest BCUT2D eigenvalue weighted by Gasteiger charge is -2.14. The van der Waals surface area contributed by atoms with E-state index in [9.17, 15) is 31.1 Å². The largest absolute Gasteiger partial charge is 0.455 e. The van der Waals surface area contributed by atoms with Crippen LogP contribution in [0.2, 0.25) is 0 Å². The number of fused-ring (bicyclic) bond motifs is 1. The van der Waals surface area contributed by atoms with Crippen LogP contribution in [-0.4, -0.2) is 19.6 Å². The first kappa shape index (κ1) is 17.5. The van der Waals surface area contributed by atoms with Gasteiger partial charge in [-0.05, 0) is 12.1 Å². The number of nitrogens with two attached hydrogens (primary N) is 1. The molecule has 3 rings (SSSR count). The first-order valence-corrected chi connectivity index (χ1v) is 8.21. The molecule has 0 radical (unpaired) electrons. The predicted octanol–water partition coefficient (Wildman–Crippen LogP) is 2.46. The summed E-state index contributed by atoms with van der Waals surface area (Å²) < 4.78 is 82.3. The minimum Gasteiger partial charge on any atom is -0.455 e. The highest BCUT2D eigenvalue weighted by Gasteiger charge is 2.50. The topological polar surface area (TPSA) is 102 Å². The third kappa shape index (κ3) is 3.13. The van der Waals surface area contributed by atoms with Crippen LogP contribution < -0.4 is 15.2 Å². The number of hydrogen-bond donors (Lipinski definition) is 3. The zero-order valence-electron chi connectivity index (χ0n) is 12.1. The number of anilines is 1. The van der Waals surface area contributed by atoms with Gasteiger partial charge in [0.05, 0.1) is 10.6 Å². The van der Waals surface area contributed by atoms with Gasteiger partial charge in [0, 0.05) is 23.8 Å². The summed E-state index contributed by atoms with van der Waals surface area (Å²) in [7, 11) is -4.42. The van der Waals surface area contributed by atoms with Crippen LogP contribution in [0.4, 0.5) is 23.2 Å². The van der Waals surface area contributed by atoms with E-state index < -0.39 is 50.0 Å². The van der Waals surface area contributed by atoms with Gasteiger partial charge in [0.25, 0.3) is 0 Å². The standard InChI is InChI=1S/C14H10F4N2O4S/c15-6-3-7(16)5-8(4-6)24-9-1-2-10(25(19,22)23)11-12(9)20-14(17,18)13(11)21/h1-5,13,20-21H,(H2,19,22,23)/t13-/m0/s1. The maximum atomic E-state index is 13.8. The number of ether oxygens (including phenoxy) is 1. The van der Waals surface area contributed by atoms with Crippen molar-refractivity contribution in [1.29, 1.82) is 0 Å². The van der Waals surface area contributed by atoms with Crippen LogP contribution in [-0.2, 0) is 10.0 Å². The Morgan fingerprint density at radius 3 is 2.32 bits per heavy atom. The number of halogens is 4. The molecule has 4 N–H and O–H groups in total. The Balaban J connectivity index is 2.15. The fourth-order valence-corrected chi connectivity index (χ4v) is 3.22. The molecule has 0 saturated carbocycles. The summed E-state index contributed by atoms with van der Waals surface area (Å²) in [5.41, 5.74) is -1.24. The Kier molecular flexibility index (Phi) is 3.89. The maximum absolute atomic E-state index is 13.8. The number of aliphatic hydroxyl groups excluding tert-OH is 1. The van der Waals surface area contributed by atoms with Crippen molar-refractivity contribution in [3.63, 3.8) is 0 Å². The Morgan fingerprint density at radius 1 is 1.16 bits per heavy atom. The van der Waals surface area contributed by atoms with Gasteiger partial charge in [0.1, 0.15) is 17.4 Å². The molecular weight excluding hydrogens is 368 g/mol. The zero-order chi connectivity index (χ0) is 18.6. The summed E-state index contributed by atoms with van der Waals surface area (Å²) in [4.78, 5) is -0.725. The van der Waals surface area contributed by atoms with E-state index in [0.29, 0.717) is 6.07 Å². The van der Waals surface area contributed by atoms with E-state index in [1.807, 2.05) is 0 Å². The summed E-state index contributed by atoms with van der Waals surface area (Å²) >= 11 is 0. The number of benzene rings is 2. The third-order valence-electron chi connectivity index (χ3n) is 3.45. The van der Waals surface area contributed by atoms with Crippen molar-refractivity contribution in [1.82, 2.24) is 0 Å². The van der Waals surface area contributed by atoms with E-state index in [1.165, 1.54) is 0 Å². The van der Waals surface area contributed by atoms with Gasteiger partial charge in [-0.25, -0.2) is 22.3 Å². The minimum atomic E-state index is -4.42. The lowest BCUT2D eigenvalue weighted by molar-refractivity contribution is -0.0790. The molecule has 0 unspecified atom stereocenters. The SMILES string of the molecule is NS(=O)(=O)c1ccc(Oc2cc(F)cc(F)c2)c2c1[C@H](O)C(F)(F)N2. The van der Waals surface area contributed by atoms with E-state index in [1.54, 1.807) is 5.32 Å². The highest BCUT2D eigenvalue weighted by Crippen LogP contribution is 2.50. The Labute approximate surface area is 138 Å². The third-order valence-corrected chi connectivity index (χ3v) is 4.42. The van der Waals surface area contributed by atoms with E-state index in [-0.39, 0.29) is 11.5 Å². The number of alkyl halides is 2. The van der Waals surface area contributed by atoms with E-state index >= 15 is 0 Å². The van der Waals surface area contributed by atoms with Gasteiger partial charge in [0.15, 0.2) is 11.9 Å². The number of sulfonamides is 1. The van der Waals surface area contributed by atoms with Crippen molar-refractivity contribution in [3.05, 3.63) is 47.5 Å². The maximum Gasteiger partial charge on any atom is 0.353 e. The average molecular weight is 378 g/mol. The second kappa shape index (κ2) is 5.58. The fourth-order valence-electron chi connectivity index (χ4n) is 2.44. The van der Waals surface area contributed by atoms with Crippen molar-refractivity contribution < 1.29 is 35.8 Å². The lowest BCUT2D eigenvalue weighted by Crippen LogP contribution is -2.28. The van der Waals surface area contributed by atoms with Crippen molar-refractivity contribution >= 4 is 15.7 Å². The molecule has 0 bridgehead atoms. The summed E-state index contributed by atoms with van der Waals surface area (Å²) in [5, 5.41) is 16.3. The number of hydrogen-bond acceptors (Lipinski definition) is 5. The quantitative estimate of drug-likeness (QED) is 0.563. The molecule has 0 aromatic heterocycles. The molecule has 1 aliphatic rings. The average Bonchev–Trinajstić information content (AvgIpc) is 2.68. The summed E-state index contributed by atoms with van der Waals surface area (Å²) in [6.07, 6.45) is -2.51. The van der Waals surface area contributed by atoms with Crippen LogP contribution in [0, 0.1) is 11.6 Å². The van der Waals surface area contributed by atoms with Gasteiger partial charge in [-0.15, -0.1) is 0 Å². The van der Waals surface area contributed by atoms with E-state index in [0.717, 1.165) is 24.3 Å². The molecule has 0 aliphatic carbocycles. The monoisotopic (exact) mass is 378 g/mol. The molecular formula is C14H10F4N2O4S. The molecule has 6 nitrogen and oxygen atoms in total. The van der Waals surface area contributed by atoms with Crippen molar-refractivity contribution in [2.75, 3.05) is 5.32 Å². The highest BCUT2D eigenvalue weighted by atomic mass is 32.2. The Morgan fingerprint density at radius 2 is 1.76 bits per heavy atom. The van der Waals surface area contributed by atoms with Gasteiger partial charge < -0.3 is 15.2 Å². The first-order chi connectivity index (χ1) is 11.5. The van der Waals surface area contributed by atoms with Crippen molar-refractivity contribution in [2.45, 2.75) is 17.0 Å². The number of primary sulfonamides is 1.